The Kier molecular flexibility index (Phi) is 4.20. The number of aromatic nitrogens is 7. The monoisotopic (exact) mass is 346 g/mol. The zero-order valence-corrected chi connectivity index (χ0v) is 14.4. The van der Waals surface area contributed by atoms with E-state index in [1.54, 1.807) is 10.9 Å². The first-order chi connectivity index (χ1) is 12.2. The van der Waals surface area contributed by atoms with Crippen LogP contribution in [0.5, 0.6) is 0 Å². The van der Waals surface area contributed by atoms with E-state index in [4.69, 9.17) is 4.74 Å². The van der Waals surface area contributed by atoms with Crippen molar-refractivity contribution >= 4 is 5.97 Å². The SMILES string of the molecule is COC(=O)c1cn([C@H]2CCCN([C@@H](C)c3nnnn3C3CC3)C2)nn1. The number of rotatable bonds is 5. The van der Waals surface area contributed by atoms with Gasteiger partial charge in [0.15, 0.2) is 11.5 Å². The largest absolute Gasteiger partial charge is 0.464 e. The molecule has 0 N–H and O–H groups in total. The van der Waals surface area contributed by atoms with Crippen molar-refractivity contribution in [3.63, 3.8) is 0 Å². The van der Waals surface area contributed by atoms with Gasteiger partial charge in [-0.3, -0.25) is 4.90 Å². The topological polar surface area (TPSA) is 104 Å². The third-order valence-corrected chi connectivity index (χ3v) is 5.04. The molecule has 1 aliphatic heterocycles. The van der Waals surface area contributed by atoms with Crippen molar-refractivity contribution in [3.8, 4) is 0 Å². The summed E-state index contributed by atoms with van der Waals surface area (Å²) in [7, 11) is 1.34. The highest BCUT2D eigenvalue weighted by Gasteiger charge is 2.33. The van der Waals surface area contributed by atoms with Gasteiger partial charge in [-0.25, -0.2) is 14.2 Å². The van der Waals surface area contributed by atoms with Crippen LogP contribution in [-0.4, -0.2) is 66.3 Å². The Labute approximate surface area is 145 Å². The fourth-order valence-electron chi connectivity index (χ4n) is 3.42. The molecule has 1 aliphatic carbocycles. The maximum atomic E-state index is 11.6. The van der Waals surface area contributed by atoms with Crippen LogP contribution < -0.4 is 0 Å². The molecule has 1 saturated carbocycles. The van der Waals surface area contributed by atoms with E-state index >= 15 is 0 Å². The summed E-state index contributed by atoms with van der Waals surface area (Å²) in [5.74, 6) is 0.466. The van der Waals surface area contributed by atoms with E-state index in [1.807, 2.05) is 4.68 Å². The van der Waals surface area contributed by atoms with Crippen LogP contribution in [0.4, 0.5) is 0 Å². The Morgan fingerprint density at radius 1 is 1.24 bits per heavy atom. The van der Waals surface area contributed by atoms with Crippen molar-refractivity contribution in [2.24, 2.45) is 0 Å². The number of nitrogens with zero attached hydrogens (tertiary/aromatic N) is 8. The molecular weight excluding hydrogens is 324 g/mol. The van der Waals surface area contributed by atoms with Gasteiger partial charge in [0.05, 0.1) is 31.4 Å². The maximum absolute atomic E-state index is 11.6. The normalized spacial score (nSPS) is 22.7. The quantitative estimate of drug-likeness (QED) is 0.732. The van der Waals surface area contributed by atoms with Gasteiger partial charge in [-0.1, -0.05) is 5.21 Å². The molecule has 0 unspecified atom stereocenters. The number of likely N-dealkylation sites (tertiary alicyclic amines) is 1. The lowest BCUT2D eigenvalue weighted by Crippen LogP contribution is -2.39. The fourth-order valence-corrected chi connectivity index (χ4v) is 3.42. The lowest BCUT2D eigenvalue weighted by Gasteiger charge is -2.35. The predicted molar refractivity (Wildman–Crippen MR) is 85.7 cm³/mol. The number of hydrogen-bond donors (Lipinski definition) is 0. The first-order valence-corrected chi connectivity index (χ1v) is 8.69. The molecule has 10 heteroatoms. The fraction of sp³-hybridized carbons (Fsp3) is 0.733. The van der Waals surface area contributed by atoms with Gasteiger partial charge in [0.25, 0.3) is 0 Å². The summed E-state index contributed by atoms with van der Waals surface area (Å²) >= 11 is 0. The number of carbonyl (C=O) groups excluding carboxylic acids is 1. The zero-order valence-electron chi connectivity index (χ0n) is 14.4. The average Bonchev–Trinajstić information content (AvgIpc) is 3.18. The third kappa shape index (κ3) is 3.13. The molecule has 2 fully saturated rings. The molecule has 2 aromatic heterocycles. The summed E-state index contributed by atoms with van der Waals surface area (Å²) < 4.78 is 8.44. The molecule has 2 aliphatic rings. The summed E-state index contributed by atoms with van der Waals surface area (Å²) in [6.07, 6.45) is 6.03. The minimum Gasteiger partial charge on any atom is -0.464 e. The first kappa shape index (κ1) is 16.1. The van der Waals surface area contributed by atoms with Crippen LogP contribution in [0.15, 0.2) is 6.20 Å². The van der Waals surface area contributed by atoms with Crippen molar-refractivity contribution in [2.45, 2.75) is 50.7 Å². The minimum atomic E-state index is -0.462. The van der Waals surface area contributed by atoms with Crippen LogP contribution in [-0.2, 0) is 4.74 Å². The van der Waals surface area contributed by atoms with E-state index < -0.39 is 5.97 Å². The van der Waals surface area contributed by atoms with Gasteiger partial charge in [-0.15, -0.1) is 10.2 Å². The van der Waals surface area contributed by atoms with Crippen LogP contribution in [0.1, 0.15) is 67.0 Å². The van der Waals surface area contributed by atoms with Crippen LogP contribution >= 0.6 is 0 Å². The van der Waals surface area contributed by atoms with Crippen LogP contribution in [0.25, 0.3) is 0 Å². The Bertz CT molecular complexity index is 752. The highest BCUT2D eigenvalue weighted by Crippen LogP contribution is 2.37. The second-order valence-electron chi connectivity index (χ2n) is 6.76. The molecule has 1 saturated heterocycles. The zero-order chi connectivity index (χ0) is 17.4. The van der Waals surface area contributed by atoms with Gasteiger partial charge < -0.3 is 4.74 Å². The predicted octanol–water partition coefficient (Wildman–Crippen LogP) is 0.784. The van der Waals surface area contributed by atoms with Gasteiger partial charge in [0.1, 0.15) is 0 Å². The molecular formula is C15H22N8O2. The van der Waals surface area contributed by atoms with E-state index in [1.165, 1.54) is 7.11 Å². The molecule has 10 nitrogen and oxygen atoms in total. The van der Waals surface area contributed by atoms with Crippen molar-refractivity contribution in [2.75, 3.05) is 20.2 Å². The highest BCUT2D eigenvalue weighted by atomic mass is 16.5. The number of methoxy groups -OCH3 is 1. The average molecular weight is 346 g/mol. The van der Waals surface area contributed by atoms with Gasteiger partial charge in [-0.2, -0.15) is 0 Å². The van der Waals surface area contributed by atoms with E-state index in [-0.39, 0.29) is 17.8 Å². The van der Waals surface area contributed by atoms with Gasteiger partial charge in [0.2, 0.25) is 0 Å². The van der Waals surface area contributed by atoms with E-state index in [9.17, 15) is 4.79 Å². The van der Waals surface area contributed by atoms with Crippen molar-refractivity contribution < 1.29 is 9.53 Å². The van der Waals surface area contributed by atoms with Crippen molar-refractivity contribution in [1.29, 1.82) is 0 Å². The maximum Gasteiger partial charge on any atom is 0.360 e. The molecule has 2 aromatic rings. The first-order valence-electron chi connectivity index (χ1n) is 8.69. The molecule has 0 bridgehead atoms. The van der Waals surface area contributed by atoms with Crippen LogP contribution in [0.3, 0.4) is 0 Å². The summed E-state index contributed by atoms with van der Waals surface area (Å²) in [6, 6.07) is 0.778. The Balaban J connectivity index is 1.48. The van der Waals surface area contributed by atoms with Crippen LogP contribution in [0.2, 0.25) is 0 Å². The third-order valence-electron chi connectivity index (χ3n) is 5.04. The number of tetrazole rings is 1. The lowest BCUT2D eigenvalue weighted by atomic mass is 10.0. The number of esters is 1. The minimum absolute atomic E-state index is 0.141. The summed E-state index contributed by atoms with van der Waals surface area (Å²) in [5.41, 5.74) is 0.241. The molecule has 0 radical (unpaired) electrons. The number of carbonyl (C=O) groups is 1. The smallest absolute Gasteiger partial charge is 0.360 e. The Morgan fingerprint density at radius 3 is 2.84 bits per heavy atom. The van der Waals surface area contributed by atoms with Gasteiger partial charge in [-0.05, 0) is 49.6 Å². The molecule has 134 valence electrons. The molecule has 25 heavy (non-hydrogen) atoms. The number of ether oxygens (including phenoxy) is 1. The second kappa shape index (κ2) is 6.51. The molecule has 4 rings (SSSR count). The molecule has 0 spiro atoms. The molecule has 0 amide bonds. The van der Waals surface area contributed by atoms with Gasteiger partial charge in [0, 0.05) is 6.54 Å². The molecule has 2 atom stereocenters. The van der Waals surface area contributed by atoms with Crippen molar-refractivity contribution in [3.05, 3.63) is 17.7 Å². The van der Waals surface area contributed by atoms with Crippen molar-refractivity contribution in [1.82, 2.24) is 40.1 Å². The summed E-state index contributed by atoms with van der Waals surface area (Å²) in [4.78, 5) is 13.9. The van der Waals surface area contributed by atoms with Crippen LogP contribution in [0, 0.1) is 0 Å². The second-order valence-corrected chi connectivity index (χ2v) is 6.76. The Morgan fingerprint density at radius 2 is 2.08 bits per heavy atom. The van der Waals surface area contributed by atoms with E-state index in [2.05, 4.69) is 37.7 Å². The Hall–Kier alpha value is -2.36. The van der Waals surface area contributed by atoms with Gasteiger partial charge >= 0.3 is 5.97 Å². The molecule has 3 heterocycles. The number of piperidine rings is 1. The summed E-state index contributed by atoms with van der Waals surface area (Å²) in [6.45, 7) is 3.96. The molecule has 0 aromatic carbocycles. The highest BCUT2D eigenvalue weighted by molar-refractivity contribution is 5.86. The summed E-state index contributed by atoms with van der Waals surface area (Å²) in [5, 5.41) is 20.3. The standard InChI is InChI=1S/C15H22N8O2/c1-10(14-17-18-20-23(14)11-5-6-11)21-7-3-4-12(8-21)22-9-13(16-19-22)15(24)25-2/h9-12H,3-8H2,1-2H3/t10-,12-/m0/s1. The number of hydrogen-bond acceptors (Lipinski definition) is 8. The van der Waals surface area contributed by atoms with E-state index in [0.717, 1.165) is 44.6 Å². The van der Waals surface area contributed by atoms with E-state index in [0.29, 0.717) is 6.04 Å². The lowest BCUT2D eigenvalue weighted by molar-refractivity contribution is 0.0593.